The number of nitrogens with one attached hydrogen (secondary N) is 1. The molecule has 5 heteroatoms. The van der Waals surface area contributed by atoms with Gasteiger partial charge < -0.3 is 0 Å². The third-order valence-corrected chi connectivity index (χ3v) is 4.26. The maximum atomic E-state index is 12.2. The topological polar surface area (TPSA) is 57.6 Å². The van der Waals surface area contributed by atoms with E-state index in [4.69, 9.17) is 4.99 Å². The molecule has 3 aromatic rings. The highest BCUT2D eigenvalue weighted by Gasteiger charge is 2.24. The molecule has 0 fully saturated rings. The van der Waals surface area contributed by atoms with Crippen LogP contribution in [0.3, 0.4) is 0 Å². The van der Waals surface area contributed by atoms with Crippen molar-refractivity contribution in [2.45, 2.75) is 19.8 Å². The molecule has 1 aliphatic rings. The Morgan fingerprint density at radius 2 is 1.80 bits per heavy atom. The van der Waals surface area contributed by atoms with Gasteiger partial charge in [0.15, 0.2) is 0 Å². The van der Waals surface area contributed by atoms with Gasteiger partial charge in [-0.15, -0.1) is 0 Å². The van der Waals surface area contributed by atoms with E-state index < -0.39 is 0 Å². The Kier molecular flexibility index (Phi) is 3.90. The zero-order valence-electron chi connectivity index (χ0n) is 13.9. The fourth-order valence-corrected chi connectivity index (χ4v) is 3.04. The predicted octanol–water partition coefficient (Wildman–Crippen LogP) is 3.77. The molecule has 0 radical (unpaired) electrons. The molecule has 2 aromatic carbocycles. The normalized spacial score (nSPS) is 13.2. The Bertz CT molecular complexity index is 966. The Morgan fingerprint density at radius 1 is 1.04 bits per heavy atom. The summed E-state index contributed by atoms with van der Waals surface area (Å²) in [5.41, 5.74) is 6.75. The second-order valence-electron chi connectivity index (χ2n) is 6.02. The molecule has 1 aliphatic heterocycles. The van der Waals surface area contributed by atoms with Gasteiger partial charge >= 0.3 is 0 Å². The molecule has 0 spiro atoms. The molecule has 0 bridgehead atoms. The number of hydrogen-bond donors (Lipinski definition) is 1. The molecule has 5 nitrogen and oxygen atoms in total. The molecule has 4 rings (SSSR count). The number of aromatic nitrogens is 1. The monoisotopic (exact) mass is 330 g/mol. The SMILES string of the molecule is CC(=O)N1NC(CCc2ccccc2)=Nc2cnc3ccccc3c21. The quantitative estimate of drug-likeness (QED) is 0.795. The van der Waals surface area contributed by atoms with Crippen LogP contribution in [0.1, 0.15) is 18.9 Å². The predicted molar refractivity (Wildman–Crippen MR) is 99.9 cm³/mol. The zero-order chi connectivity index (χ0) is 17.2. The summed E-state index contributed by atoms with van der Waals surface area (Å²) in [4.78, 5) is 21.4. The molecule has 0 saturated carbocycles. The summed E-state index contributed by atoms with van der Waals surface area (Å²) in [6.07, 6.45) is 3.31. The van der Waals surface area contributed by atoms with Crippen molar-refractivity contribution in [3.05, 3.63) is 66.4 Å². The van der Waals surface area contributed by atoms with Crippen LogP contribution in [0.5, 0.6) is 0 Å². The molecule has 1 aromatic heterocycles. The summed E-state index contributed by atoms with van der Waals surface area (Å²) >= 11 is 0. The van der Waals surface area contributed by atoms with Crippen LogP contribution in [0.15, 0.2) is 65.8 Å². The van der Waals surface area contributed by atoms with E-state index in [2.05, 4.69) is 22.5 Å². The van der Waals surface area contributed by atoms with E-state index in [-0.39, 0.29) is 5.91 Å². The smallest absolute Gasteiger partial charge is 0.242 e. The van der Waals surface area contributed by atoms with Crippen LogP contribution in [0, 0.1) is 0 Å². The first-order valence-electron chi connectivity index (χ1n) is 8.29. The lowest BCUT2D eigenvalue weighted by molar-refractivity contribution is -0.117. The van der Waals surface area contributed by atoms with Gasteiger partial charge in [0, 0.05) is 18.7 Å². The van der Waals surface area contributed by atoms with Gasteiger partial charge in [-0.05, 0) is 18.1 Å². The maximum absolute atomic E-state index is 12.2. The molecular weight excluding hydrogens is 312 g/mol. The van der Waals surface area contributed by atoms with E-state index in [1.54, 1.807) is 18.1 Å². The van der Waals surface area contributed by atoms with Crippen molar-refractivity contribution in [2.24, 2.45) is 4.99 Å². The van der Waals surface area contributed by atoms with Crippen LogP contribution < -0.4 is 10.4 Å². The van der Waals surface area contributed by atoms with E-state index in [1.165, 1.54) is 5.56 Å². The molecule has 1 N–H and O–H groups in total. The van der Waals surface area contributed by atoms with Crippen LogP contribution in [0.4, 0.5) is 11.4 Å². The number of rotatable bonds is 3. The molecule has 25 heavy (non-hydrogen) atoms. The van der Waals surface area contributed by atoms with Crippen molar-refractivity contribution in [3.63, 3.8) is 0 Å². The minimum absolute atomic E-state index is 0.0790. The number of hydrazine groups is 1. The highest BCUT2D eigenvalue weighted by atomic mass is 16.2. The number of benzene rings is 2. The highest BCUT2D eigenvalue weighted by Crippen LogP contribution is 2.36. The number of aryl methyl sites for hydroxylation is 1. The summed E-state index contributed by atoms with van der Waals surface area (Å²) in [6, 6.07) is 18.0. The number of para-hydroxylation sites is 1. The van der Waals surface area contributed by atoms with E-state index in [0.29, 0.717) is 0 Å². The highest BCUT2D eigenvalue weighted by molar-refractivity contribution is 6.10. The fraction of sp³-hybridized carbons (Fsp3) is 0.150. The minimum atomic E-state index is -0.0790. The number of amidine groups is 1. The van der Waals surface area contributed by atoms with E-state index in [0.717, 1.165) is 41.0 Å². The number of aliphatic imine (C=N–C) groups is 1. The average Bonchev–Trinajstić information content (AvgIpc) is 2.66. The molecule has 1 amide bonds. The molecule has 2 heterocycles. The van der Waals surface area contributed by atoms with Crippen LogP contribution in [-0.2, 0) is 11.2 Å². The van der Waals surface area contributed by atoms with Gasteiger partial charge in [0.1, 0.15) is 17.2 Å². The van der Waals surface area contributed by atoms with Crippen LogP contribution >= 0.6 is 0 Å². The third kappa shape index (κ3) is 2.96. The number of amides is 1. The fourth-order valence-electron chi connectivity index (χ4n) is 3.04. The summed E-state index contributed by atoms with van der Waals surface area (Å²) in [7, 11) is 0. The lowest BCUT2D eigenvalue weighted by atomic mass is 10.1. The largest absolute Gasteiger partial charge is 0.278 e. The lowest BCUT2D eigenvalue weighted by Gasteiger charge is -2.30. The Hall–Kier alpha value is -3.21. The number of carbonyl (C=O) groups is 1. The molecule has 0 unspecified atom stereocenters. The maximum Gasteiger partial charge on any atom is 0.242 e. The molecular formula is C20H18N4O. The van der Waals surface area contributed by atoms with Crippen molar-refractivity contribution >= 4 is 34.0 Å². The molecule has 0 saturated heterocycles. The van der Waals surface area contributed by atoms with E-state index in [9.17, 15) is 4.79 Å². The van der Waals surface area contributed by atoms with Gasteiger partial charge in [-0.2, -0.15) is 0 Å². The van der Waals surface area contributed by atoms with Crippen molar-refractivity contribution in [2.75, 3.05) is 5.01 Å². The molecule has 0 atom stereocenters. The first kappa shape index (κ1) is 15.3. The van der Waals surface area contributed by atoms with Gasteiger partial charge in [-0.3, -0.25) is 15.2 Å². The van der Waals surface area contributed by atoms with Crippen molar-refractivity contribution in [3.8, 4) is 0 Å². The van der Waals surface area contributed by atoms with Gasteiger partial charge in [0.05, 0.1) is 11.7 Å². The summed E-state index contributed by atoms with van der Waals surface area (Å²) in [5, 5.41) is 2.49. The van der Waals surface area contributed by atoms with E-state index >= 15 is 0 Å². The molecule has 124 valence electrons. The van der Waals surface area contributed by atoms with Gasteiger partial charge in [0.25, 0.3) is 0 Å². The van der Waals surface area contributed by atoms with Gasteiger partial charge in [-0.25, -0.2) is 10.0 Å². The van der Waals surface area contributed by atoms with Crippen molar-refractivity contribution < 1.29 is 4.79 Å². The second-order valence-corrected chi connectivity index (χ2v) is 6.02. The molecule has 0 aliphatic carbocycles. The van der Waals surface area contributed by atoms with Gasteiger partial charge in [-0.1, -0.05) is 48.5 Å². The van der Waals surface area contributed by atoms with Crippen molar-refractivity contribution in [1.82, 2.24) is 10.4 Å². The Balaban J connectivity index is 1.71. The number of fused-ring (bicyclic) bond motifs is 3. The number of pyridine rings is 1. The Labute approximate surface area is 146 Å². The lowest BCUT2D eigenvalue weighted by Crippen LogP contribution is -2.47. The zero-order valence-corrected chi connectivity index (χ0v) is 13.9. The first-order chi connectivity index (χ1) is 12.2. The standard InChI is InChI=1S/C20H18N4O/c1-14(25)24-20-16-9-5-6-10-17(16)21-13-18(20)22-19(23-24)12-11-15-7-3-2-4-8-15/h2-10,13H,11-12H2,1H3,(H,22,23). The average molecular weight is 330 g/mol. The Morgan fingerprint density at radius 3 is 2.60 bits per heavy atom. The number of carbonyl (C=O) groups excluding carboxylic acids is 1. The summed E-state index contributed by atoms with van der Waals surface area (Å²) in [5.74, 6) is 0.688. The summed E-state index contributed by atoms with van der Waals surface area (Å²) in [6.45, 7) is 1.55. The second kappa shape index (κ2) is 6.36. The third-order valence-electron chi connectivity index (χ3n) is 4.26. The van der Waals surface area contributed by atoms with Crippen LogP contribution in [0.25, 0.3) is 10.9 Å². The first-order valence-corrected chi connectivity index (χ1v) is 8.29. The van der Waals surface area contributed by atoms with Crippen LogP contribution in [0.2, 0.25) is 0 Å². The number of anilines is 1. The van der Waals surface area contributed by atoms with Gasteiger partial charge in [0.2, 0.25) is 5.91 Å². The number of nitrogens with zero attached hydrogens (tertiary/aromatic N) is 3. The van der Waals surface area contributed by atoms with Crippen molar-refractivity contribution in [1.29, 1.82) is 0 Å². The number of hydrogen-bond acceptors (Lipinski definition) is 4. The minimum Gasteiger partial charge on any atom is -0.278 e. The van der Waals surface area contributed by atoms with E-state index in [1.807, 2.05) is 42.5 Å². The van der Waals surface area contributed by atoms with Crippen LogP contribution in [-0.4, -0.2) is 16.7 Å². The summed E-state index contributed by atoms with van der Waals surface area (Å²) < 4.78 is 0.